The van der Waals surface area contributed by atoms with Crippen molar-refractivity contribution in [3.05, 3.63) is 0 Å². The molecule has 102 valence electrons. The highest BCUT2D eigenvalue weighted by Gasteiger charge is 2.41. The normalized spacial score (nSPS) is 24.5. The van der Waals surface area contributed by atoms with Crippen molar-refractivity contribution in [1.29, 1.82) is 0 Å². The van der Waals surface area contributed by atoms with Crippen molar-refractivity contribution in [2.75, 3.05) is 19.7 Å². The van der Waals surface area contributed by atoms with Crippen molar-refractivity contribution in [3.63, 3.8) is 0 Å². The average Bonchev–Trinajstić information content (AvgIpc) is 3.10. The van der Waals surface area contributed by atoms with Gasteiger partial charge >= 0.3 is 0 Å². The van der Waals surface area contributed by atoms with E-state index in [4.69, 9.17) is 5.11 Å². The zero-order valence-corrected chi connectivity index (χ0v) is 11.1. The molecule has 2 rings (SSSR count). The van der Waals surface area contributed by atoms with E-state index in [-0.39, 0.29) is 29.8 Å². The van der Waals surface area contributed by atoms with Crippen LogP contribution >= 0.6 is 0 Å². The third-order valence-electron chi connectivity index (χ3n) is 3.69. The minimum Gasteiger partial charge on any atom is -0.396 e. The molecule has 0 radical (unpaired) electrons. The van der Waals surface area contributed by atoms with Crippen LogP contribution in [0.4, 0.5) is 0 Å². The van der Waals surface area contributed by atoms with Crippen LogP contribution in [0.25, 0.3) is 0 Å². The quantitative estimate of drug-likeness (QED) is 0.733. The van der Waals surface area contributed by atoms with Gasteiger partial charge in [-0.25, -0.2) is 0 Å². The lowest BCUT2D eigenvalue weighted by molar-refractivity contribution is -0.129. The first-order valence-electron chi connectivity index (χ1n) is 6.61. The van der Waals surface area contributed by atoms with E-state index in [1.807, 2.05) is 18.7 Å². The molecule has 2 fully saturated rings. The van der Waals surface area contributed by atoms with Gasteiger partial charge < -0.3 is 15.3 Å². The Labute approximate surface area is 108 Å². The van der Waals surface area contributed by atoms with Gasteiger partial charge in [0.1, 0.15) is 0 Å². The first kappa shape index (κ1) is 13.3. The molecule has 1 saturated carbocycles. The number of carbonyl (C=O) groups excluding carboxylic acids is 2. The maximum absolute atomic E-state index is 12.0. The summed E-state index contributed by atoms with van der Waals surface area (Å²) < 4.78 is 0. The minimum atomic E-state index is -0.311. The summed E-state index contributed by atoms with van der Waals surface area (Å²) in [6.07, 6.45) is 2.50. The van der Waals surface area contributed by atoms with Crippen LogP contribution in [0, 0.1) is 11.3 Å². The maximum Gasteiger partial charge on any atom is 0.225 e. The van der Waals surface area contributed by atoms with Gasteiger partial charge in [-0.15, -0.1) is 0 Å². The fourth-order valence-electron chi connectivity index (χ4n) is 2.17. The van der Waals surface area contributed by atoms with E-state index in [0.717, 1.165) is 12.8 Å². The van der Waals surface area contributed by atoms with E-state index in [0.29, 0.717) is 25.6 Å². The summed E-state index contributed by atoms with van der Waals surface area (Å²) in [5.41, 5.74) is -0.311. The first-order valence-corrected chi connectivity index (χ1v) is 6.61. The fourth-order valence-corrected chi connectivity index (χ4v) is 2.17. The van der Waals surface area contributed by atoms with E-state index in [1.54, 1.807) is 0 Å². The number of hydrogen-bond acceptors (Lipinski definition) is 3. The summed E-state index contributed by atoms with van der Waals surface area (Å²) in [4.78, 5) is 25.6. The van der Waals surface area contributed by atoms with Crippen molar-refractivity contribution < 1.29 is 14.7 Å². The second kappa shape index (κ2) is 4.88. The third-order valence-corrected chi connectivity index (χ3v) is 3.69. The zero-order valence-electron chi connectivity index (χ0n) is 11.1. The molecule has 1 aliphatic heterocycles. The molecule has 2 aliphatic rings. The van der Waals surface area contributed by atoms with Gasteiger partial charge in [0.05, 0.1) is 5.92 Å². The van der Waals surface area contributed by atoms with Gasteiger partial charge in [-0.1, -0.05) is 13.8 Å². The molecule has 0 aromatic heterocycles. The van der Waals surface area contributed by atoms with Crippen LogP contribution in [0.2, 0.25) is 0 Å². The van der Waals surface area contributed by atoms with Crippen molar-refractivity contribution in [3.8, 4) is 0 Å². The Kier molecular flexibility index (Phi) is 3.61. The van der Waals surface area contributed by atoms with Crippen LogP contribution in [-0.4, -0.2) is 47.6 Å². The summed E-state index contributed by atoms with van der Waals surface area (Å²) in [6.45, 7) is 4.82. The molecule has 18 heavy (non-hydrogen) atoms. The molecule has 0 unspecified atom stereocenters. The molecular formula is C13H22N2O3. The van der Waals surface area contributed by atoms with E-state index >= 15 is 0 Å². The van der Waals surface area contributed by atoms with Crippen LogP contribution in [0.3, 0.4) is 0 Å². The Balaban J connectivity index is 1.81. The first-order chi connectivity index (χ1) is 8.43. The molecule has 2 amide bonds. The molecule has 5 nitrogen and oxygen atoms in total. The highest BCUT2D eigenvalue weighted by atomic mass is 16.3. The summed E-state index contributed by atoms with van der Waals surface area (Å²) in [5.74, 6) is -0.167. The van der Waals surface area contributed by atoms with Gasteiger partial charge in [0.25, 0.3) is 0 Å². The highest BCUT2D eigenvalue weighted by molar-refractivity contribution is 5.89. The monoisotopic (exact) mass is 254 g/mol. The molecule has 0 aromatic rings. The van der Waals surface area contributed by atoms with Crippen LogP contribution in [-0.2, 0) is 9.59 Å². The van der Waals surface area contributed by atoms with Gasteiger partial charge in [-0.2, -0.15) is 0 Å². The van der Waals surface area contributed by atoms with Crippen LogP contribution in [0.15, 0.2) is 0 Å². The molecule has 1 aliphatic carbocycles. The predicted molar refractivity (Wildman–Crippen MR) is 66.7 cm³/mol. The predicted octanol–water partition coefficient (Wildman–Crippen LogP) is 0.132. The molecule has 1 heterocycles. The summed E-state index contributed by atoms with van der Waals surface area (Å²) in [6, 6.07) is 0.393. The Morgan fingerprint density at radius 1 is 1.50 bits per heavy atom. The Morgan fingerprint density at radius 2 is 2.17 bits per heavy atom. The maximum atomic E-state index is 12.0. The smallest absolute Gasteiger partial charge is 0.225 e. The Morgan fingerprint density at radius 3 is 2.72 bits per heavy atom. The number of nitrogens with zero attached hydrogens (tertiary/aromatic N) is 1. The molecule has 0 spiro atoms. The van der Waals surface area contributed by atoms with Crippen molar-refractivity contribution in [2.45, 2.75) is 39.2 Å². The molecule has 1 atom stereocenters. The average molecular weight is 254 g/mol. The number of aliphatic hydroxyl groups excluding tert-OH is 1. The zero-order chi connectivity index (χ0) is 13.3. The summed E-state index contributed by atoms with van der Waals surface area (Å²) in [5, 5.41) is 12.0. The number of aliphatic hydroxyl groups is 1. The SMILES string of the molecule is CC(C)(CO)CNC(=O)[C@H]1CC(=O)N(C2CC2)C1. The number of nitrogens with one attached hydrogen (secondary N) is 1. The van der Waals surface area contributed by atoms with Crippen LogP contribution in [0.1, 0.15) is 33.1 Å². The topological polar surface area (TPSA) is 69.6 Å². The lowest BCUT2D eigenvalue weighted by Gasteiger charge is -2.23. The van der Waals surface area contributed by atoms with E-state index < -0.39 is 0 Å². The second-order valence-corrected chi connectivity index (χ2v) is 6.22. The van der Waals surface area contributed by atoms with Gasteiger partial charge in [0.15, 0.2) is 0 Å². The van der Waals surface area contributed by atoms with Crippen molar-refractivity contribution in [2.24, 2.45) is 11.3 Å². The highest BCUT2D eigenvalue weighted by Crippen LogP contribution is 2.32. The Bertz CT molecular complexity index is 350. The lowest BCUT2D eigenvalue weighted by Crippen LogP contribution is -2.40. The fraction of sp³-hybridized carbons (Fsp3) is 0.846. The molecule has 2 N–H and O–H groups in total. The molecule has 0 aromatic carbocycles. The van der Waals surface area contributed by atoms with Gasteiger partial charge in [0, 0.05) is 37.6 Å². The van der Waals surface area contributed by atoms with E-state index in [1.165, 1.54) is 0 Å². The molecule has 5 heteroatoms. The summed E-state index contributed by atoms with van der Waals surface area (Å²) >= 11 is 0. The third kappa shape index (κ3) is 3.02. The van der Waals surface area contributed by atoms with Crippen molar-refractivity contribution in [1.82, 2.24) is 10.2 Å². The largest absolute Gasteiger partial charge is 0.396 e. The van der Waals surface area contributed by atoms with E-state index in [2.05, 4.69) is 5.32 Å². The minimum absolute atomic E-state index is 0.0328. The number of likely N-dealkylation sites (tertiary alicyclic amines) is 1. The molecule has 1 saturated heterocycles. The van der Waals surface area contributed by atoms with Gasteiger partial charge in [0.2, 0.25) is 11.8 Å². The van der Waals surface area contributed by atoms with Gasteiger partial charge in [-0.05, 0) is 12.8 Å². The van der Waals surface area contributed by atoms with Crippen molar-refractivity contribution >= 4 is 11.8 Å². The number of amides is 2. The Hall–Kier alpha value is -1.10. The standard InChI is InChI=1S/C13H22N2O3/c1-13(2,8-16)7-14-12(18)9-5-11(17)15(6-9)10-3-4-10/h9-10,16H,3-8H2,1-2H3,(H,14,18)/t9-/m0/s1. The van der Waals surface area contributed by atoms with Crippen LogP contribution in [0.5, 0.6) is 0 Å². The number of rotatable bonds is 5. The molecule has 0 bridgehead atoms. The van der Waals surface area contributed by atoms with Crippen LogP contribution < -0.4 is 5.32 Å². The summed E-state index contributed by atoms with van der Waals surface area (Å²) in [7, 11) is 0. The number of carbonyl (C=O) groups is 2. The lowest BCUT2D eigenvalue weighted by atomic mass is 9.94. The molecular weight excluding hydrogens is 232 g/mol. The van der Waals surface area contributed by atoms with E-state index in [9.17, 15) is 9.59 Å². The second-order valence-electron chi connectivity index (χ2n) is 6.22. The number of hydrogen-bond donors (Lipinski definition) is 2. The van der Waals surface area contributed by atoms with Gasteiger partial charge in [-0.3, -0.25) is 9.59 Å².